The predicted molar refractivity (Wildman–Crippen MR) is 96.9 cm³/mol. The average molecular weight is 369 g/mol. The first-order chi connectivity index (χ1) is 13.2. The minimum Gasteiger partial charge on any atom is -0.337 e. The molecule has 0 aliphatic carbocycles. The first-order valence-electron chi connectivity index (χ1n) is 8.85. The van der Waals surface area contributed by atoms with Crippen LogP contribution in [0.3, 0.4) is 0 Å². The van der Waals surface area contributed by atoms with E-state index in [2.05, 4.69) is 20.5 Å². The standard InChI is InChI=1S/C18H20FN7O/c19-16-4-3-15(26-12-21-22-13-26)8-17(16)23-18(27)25-6-1-2-14(10-25)9-24-7-5-20-11-24/h3-5,7-8,11-14H,1-2,6,9-10H2,(H,23,27)/t14-/m1/s1. The number of likely N-dealkylation sites (tertiary alicyclic amines) is 1. The lowest BCUT2D eigenvalue weighted by Crippen LogP contribution is -2.43. The number of piperidine rings is 1. The van der Waals surface area contributed by atoms with Crippen molar-refractivity contribution >= 4 is 11.7 Å². The van der Waals surface area contributed by atoms with Gasteiger partial charge in [0.15, 0.2) is 0 Å². The van der Waals surface area contributed by atoms with Crippen LogP contribution < -0.4 is 5.32 Å². The normalized spacial score (nSPS) is 17.1. The number of carbonyl (C=O) groups is 1. The topological polar surface area (TPSA) is 80.9 Å². The fourth-order valence-corrected chi connectivity index (χ4v) is 3.39. The van der Waals surface area contributed by atoms with Crippen LogP contribution in [0.1, 0.15) is 12.8 Å². The molecule has 9 heteroatoms. The summed E-state index contributed by atoms with van der Waals surface area (Å²) in [7, 11) is 0. The minimum absolute atomic E-state index is 0.142. The molecule has 1 aromatic carbocycles. The highest BCUT2D eigenvalue weighted by Crippen LogP contribution is 2.22. The molecule has 1 aliphatic rings. The highest BCUT2D eigenvalue weighted by atomic mass is 19.1. The maximum absolute atomic E-state index is 14.2. The van der Waals surface area contributed by atoms with Gasteiger partial charge in [-0.15, -0.1) is 10.2 Å². The van der Waals surface area contributed by atoms with Gasteiger partial charge in [-0.25, -0.2) is 14.2 Å². The third-order valence-corrected chi connectivity index (χ3v) is 4.74. The van der Waals surface area contributed by atoms with Gasteiger partial charge in [-0.2, -0.15) is 0 Å². The number of rotatable bonds is 4. The van der Waals surface area contributed by atoms with Gasteiger partial charge in [-0.05, 0) is 37.0 Å². The Morgan fingerprint density at radius 3 is 2.89 bits per heavy atom. The number of nitrogens with one attached hydrogen (secondary N) is 1. The van der Waals surface area contributed by atoms with Crippen molar-refractivity contribution in [2.24, 2.45) is 5.92 Å². The molecule has 4 rings (SSSR count). The molecule has 1 aliphatic heterocycles. The number of aromatic nitrogens is 5. The van der Waals surface area contributed by atoms with Crippen molar-refractivity contribution in [2.45, 2.75) is 19.4 Å². The largest absolute Gasteiger partial charge is 0.337 e. The summed E-state index contributed by atoms with van der Waals surface area (Å²) < 4.78 is 17.9. The number of hydrogen-bond donors (Lipinski definition) is 1. The van der Waals surface area contributed by atoms with Crippen LogP contribution in [-0.4, -0.2) is 48.3 Å². The van der Waals surface area contributed by atoms with Crippen molar-refractivity contribution in [3.8, 4) is 5.69 Å². The number of hydrogen-bond acceptors (Lipinski definition) is 4. The smallest absolute Gasteiger partial charge is 0.321 e. The number of carbonyl (C=O) groups excluding carboxylic acids is 1. The molecular weight excluding hydrogens is 349 g/mol. The van der Waals surface area contributed by atoms with E-state index in [1.165, 1.54) is 18.7 Å². The van der Waals surface area contributed by atoms with E-state index in [0.29, 0.717) is 24.7 Å². The lowest BCUT2D eigenvalue weighted by molar-refractivity contribution is 0.170. The minimum atomic E-state index is -0.479. The van der Waals surface area contributed by atoms with Crippen LogP contribution >= 0.6 is 0 Å². The molecule has 1 atom stereocenters. The second-order valence-corrected chi connectivity index (χ2v) is 6.68. The van der Waals surface area contributed by atoms with Gasteiger partial charge < -0.3 is 14.8 Å². The number of anilines is 1. The summed E-state index contributed by atoms with van der Waals surface area (Å²) >= 11 is 0. The first-order valence-corrected chi connectivity index (χ1v) is 8.85. The summed E-state index contributed by atoms with van der Waals surface area (Å²) in [5.74, 6) is -0.126. The first kappa shape index (κ1) is 17.2. The quantitative estimate of drug-likeness (QED) is 0.766. The third kappa shape index (κ3) is 3.97. The van der Waals surface area contributed by atoms with Crippen LogP contribution in [0.2, 0.25) is 0 Å². The molecule has 3 aromatic rings. The molecule has 1 fully saturated rings. The highest BCUT2D eigenvalue weighted by molar-refractivity contribution is 5.89. The molecular formula is C18H20FN7O. The number of benzene rings is 1. The van der Waals surface area contributed by atoms with Crippen LogP contribution in [0.4, 0.5) is 14.9 Å². The number of amides is 2. The van der Waals surface area contributed by atoms with Gasteiger partial charge in [-0.3, -0.25) is 4.57 Å². The zero-order chi connectivity index (χ0) is 18.6. The summed E-state index contributed by atoms with van der Waals surface area (Å²) in [6.45, 7) is 2.12. The van der Waals surface area contributed by atoms with Crippen LogP contribution in [0.5, 0.6) is 0 Å². The molecule has 3 heterocycles. The number of halogens is 1. The molecule has 0 unspecified atom stereocenters. The van der Waals surface area contributed by atoms with Crippen molar-refractivity contribution in [2.75, 3.05) is 18.4 Å². The fourth-order valence-electron chi connectivity index (χ4n) is 3.39. The Kier molecular flexibility index (Phi) is 4.82. The van der Waals surface area contributed by atoms with Crippen LogP contribution in [0.25, 0.3) is 5.69 Å². The molecule has 0 radical (unpaired) electrons. The number of nitrogens with zero attached hydrogens (tertiary/aromatic N) is 6. The predicted octanol–water partition coefficient (Wildman–Crippen LogP) is 2.55. The SMILES string of the molecule is O=C(Nc1cc(-n2cnnc2)ccc1F)N1CCC[C@H](Cn2ccnc2)C1. The molecule has 0 saturated carbocycles. The molecule has 2 amide bonds. The van der Waals surface area contributed by atoms with E-state index in [9.17, 15) is 9.18 Å². The van der Waals surface area contributed by atoms with E-state index in [1.807, 2.05) is 10.8 Å². The van der Waals surface area contributed by atoms with Gasteiger partial charge in [0.25, 0.3) is 0 Å². The van der Waals surface area contributed by atoms with Crippen molar-refractivity contribution < 1.29 is 9.18 Å². The zero-order valence-electron chi connectivity index (χ0n) is 14.7. The van der Waals surface area contributed by atoms with Crippen molar-refractivity contribution in [1.82, 2.24) is 29.2 Å². The molecule has 8 nitrogen and oxygen atoms in total. The average Bonchev–Trinajstić information content (AvgIpc) is 3.38. The lowest BCUT2D eigenvalue weighted by Gasteiger charge is -2.33. The van der Waals surface area contributed by atoms with Gasteiger partial charge in [0.2, 0.25) is 0 Å². The Labute approximate surface area is 155 Å². The molecule has 0 spiro atoms. The highest BCUT2D eigenvalue weighted by Gasteiger charge is 2.24. The van der Waals surface area contributed by atoms with Gasteiger partial charge in [0.05, 0.1) is 17.7 Å². The molecule has 0 bridgehead atoms. The summed E-state index contributed by atoms with van der Waals surface area (Å²) in [6, 6.07) is 4.22. The van der Waals surface area contributed by atoms with E-state index in [0.717, 1.165) is 19.4 Å². The summed E-state index contributed by atoms with van der Waals surface area (Å²) in [5.41, 5.74) is 0.816. The van der Waals surface area contributed by atoms with E-state index < -0.39 is 5.82 Å². The van der Waals surface area contributed by atoms with Gasteiger partial charge in [0, 0.05) is 32.0 Å². The lowest BCUT2D eigenvalue weighted by atomic mass is 9.98. The van der Waals surface area contributed by atoms with Gasteiger partial charge in [0.1, 0.15) is 18.5 Å². The Hall–Kier alpha value is -3.23. The zero-order valence-corrected chi connectivity index (χ0v) is 14.7. The van der Waals surface area contributed by atoms with E-state index in [4.69, 9.17) is 0 Å². The Bertz CT molecular complexity index is 895. The monoisotopic (exact) mass is 369 g/mol. The summed E-state index contributed by atoms with van der Waals surface area (Å²) in [6.07, 6.45) is 10.5. The van der Waals surface area contributed by atoms with Crippen LogP contribution in [0.15, 0.2) is 49.6 Å². The molecule has 2 aromatic heterocycles. The van der Waals surface area contributed by atoms with Gasteiger partial charge in [-0.1, -0.05) is 0 Å². The molecule has 1 N–H and O–H groups in total. The summed E-state index contributed by atoms with van der Waals surface area (Å²) in [5, 5.41) is 10.2. The number of urea groups is 1. The number of imidazole rings is 1. The van der Waals surface area contributed by atoms with Crippen LogP contribution in [0, 0.1) is 11.7 Å². The molecule has 140 valence electrons. The maximum atomic E-state index is 14.2. The maximum Gasteiger partial charge on any atom is 0.321 e. The van der Waals surface area contributed by atoms with Crippen molar-refractivity contribution in [3.05, 3.63) is 55.4 Å². The Morgan fingerprint density at radius 1 is 1.26 bits per heavy atom. The van der Waals surface area contributed by atoms with E-state index in [1.54, 1.807) is 34.1 Å². The van der Waals surface area contributed by atoms with Gasteiger partial charge >= 0.3 is 6.03 Å². The second-order valence-electron chi connectivity index (χ2n) is 6.68. The van der Waals surface area contributed by atoms with Crippen LogP contribution in [-0.2, 0) is 6.54 Å². The van der Waals surface area contributed by atoms with Crippen molar-refractivity contribution in [3.63, 3.8) is 0 Å². The van der Waals surface area contributed by atoms with E-state index >= 15 is 0 Å². The summed E-state index contributed by atoms with van der Waals surface area (Å²) in [4.78, 5) is 18.5. The third-order valence-electron chi connectivity index (χ3n) is 4.74. The Morgan fingerprint density at radius 2 is 2.11 bits per heavy atom. The van der Waals surface area contributed by atoms with Crippen molar-refractivity contribution in [1.29, 1.82) is 0 Å². The molecule has 1 saturated heterocycles. The fraction of sp³-hybridized carbons (Fsp3) is 0.333. The Balaban J connectivity index is 1.43. The molecule has 27 heavy (non-hydrogen) atoms. The second kappa shape index (κ2) is 7.56. The van der Waals surface area contributed by atoms with E-state index in [-0.39, 0.29) is 11.7 Å².